The van der Waals surface area contributed by atoms with E-state index in [0.29, 0.717) is 13.0 Å². The first-order valence-electron chi connectivity index (χ1n) is 7.13. The van der Waals surface area contributed by atoms with E-state index in [0.717, 1.165) is 5.56 Å². The van der Waals surface area contributed by atoms with Crippen LogP contribution in [0.2, 0.25) is 6.82 Å². The molecule has 1 aliphatic heterocycles. The molecule has 0 bridgehead atoms. The summed E-state index contributed by atoms with van der Waals surface area (Å²) in [7, 11) is -0.881. The van der Waals surface area contributed by atoms with Crippen molar-refractivity contribution in [2.75, 3.05) is 6.54 Å². The number of alkyl carbamates (subject to hydrolysis) is 1. The van der Waals surface area contributed by atoms with E-state index in [1.54, 1.807) is 0 Å². The van der Waals surface area contributed by atoms with Crippen molar-refractivity contribution in [1.82, 2.24) is 10.1 Å². The van der Waals surface area contributed by atoms with Gasteiger partial charge in [0.15, 0.2) is 0 Å². The molecular formula is C14H19BN2O5. The molecule has 8 heteroatoms. The summed E-state index contributed by atoms with van der Waals surface area (Å²) in [6, 6.07) is 7.67. The Bertz CT molecular complexity index is 525. The zero-order valence-electron chi connectivity index (χ0n) is 12.3. The van der Waals surface area contributed by atoms with Gasteiger partial charge >= 0.3 is 19.1 Å². The molecule has 3 N–H and O–H groups in total. The SMILES string of the molecule is CB(O)N1CCC(NC(=O)OCc2ccccc2)C1C(=O)O. The fourth-order valence-corrected chi connectivity index (χ4v) is 2.62. The van der Waals surface area contributed by atoms with E-state index in [1.807, 2.05) is 30.3 Å². The number of nitrogens with zero attached hydrogens (tertiary/aromatic N) is 1. The number of hydrogen-bond acceptors (Lipinski definition) is 5. The Kier molecular flexibility index (Phi) is 5.40. The number of amides is 1. The maximum absolute atomic E-state index is 11.8. The third-order valence-electron chi connectivity index (χ3n) is 3.69. The highest BCUT2D eigenvalue weighted by Crippen LogP contribution is 2.19. The lowest BCUT2D eigenvalue weighted by atomic mass is 9.84. The Morgan fingerprint density at radius 3 is 2.68 bits per heavy atom. The van der Waals surface area contributed by atoms with E-state index >= 15 is 0 Å². The molecular weight excluding hydrogens is 287 g/mol. The number of carboxylic acids is 1. The fraction of sp³-hybridized carbons (Fsp3) is 0.429. The molecule has 0 spiro atoms. The summed E-state index contributed by atoms with van der Waals surface area (Å²) >= 11 is 0. The van der Waals surface area contributed by atoms with Gasteiger partial charge in [0.2, 0.25) is 0 Å². The maximum Gasteiger partial charge on any atom is 0.407 e. The first kappa shape index (κ1) is 16.3. The molecule has 1 heterocycles. The van der Waals surface area contributed by atoms with Crippen LogP contribution in [0.1, 0.15) is 12.0 Å². The van der Waals surface area contributed by atoms with E-state index in [1.165, 1.54) is 11.6 Å². The first-order valence-corrected chi connectivity index (χ1v) is 7.13. The number of hydrogen-bond donors (Lipinski definition) is 3. The number of carbonyl (C=O) groups is 2. The van der Waals surface area contributed by atoms with Gasteiger partial charge in [-0.05, 0) is 25.4 Å². The van der Waals surface area contributed by atoms with Gasteiger partial charge in [-0.3, -0.25) is 4.79 Å². The van der Waals surface area contributed by atoms with Crippen LogP contribution in [0.15, 0.2) is 30.3 Å². The summed E-state index contributed by atoms with van der Waals surface area (Å²) < 4.78 is 5.09. The van der Waals surface area contributed by atoms with Crippen molar-refractivity contribution in [3.05, 3.63) is 35.9 Å². The van der Waals surface area contributed by atoms with Gasteiger partial charge in [-0.2, -0.15) is 0 Å². The minimum atomic E-state index is -1.08. The van der Waals surface area contributed by atoms with Gasteiger partial charge in [-0.15, -0.1) is 0 Å². The van der Waals surface area contributed by atoms with E-state index in [2.05, 4.69) is 5.32 Å². The molecule has 2 atom stereocenters. The highest BCUT2D eigenvalue weighted by atomic mass is 16.5. The van der Waals surface area contributed by atoms with Crippen LogP contribution in [0.4, 0.5) is 4.79 Å². The van der Waals surface area contributed by atoms with E-state index < -0.39 is 31.2 Å². The summed E-state index contributed by atoms with van der Waals surface area (Å²) in [5.74, 6) is -1.08. The summed E-state index contributed by atoms with van der Waals surface area (Å²) in [5.41, 5.74) is 0.851. The Hall–Kier alpha value is -2.06. The van der Waals surface area contributed by atoms with Gasteiger partial charge in [0.05, 0.1) is 6.04 Å². The van der Waals surface area contributed by atoms with Crippen molar-refractivity contribution < 1.29 is 24.5 Å². The topological polar surface area (TPSA) is 99.1 Å². The van der Waals surface area contributed by atoms with E-state index in [4.69, 9.17) is 4.74 Å². The van der Waals surface area contributed by atoms with Gasteiger partial charge in [0.25, 0.3) is 0 Å². The molecule has 1 fully saturated rings. The number of aliphatic carboxylic acids is 1. The minimum absolute atomic E-state index is 0.122. The van der Waals surface area contributed by atoms with Crippen LogP contribution >= 0.6 is 0 Å². The number of nitrogens with one attached hydrogen (secondary N) is 1. The number of carboxylic acid groups (broad SMARTS) is 1. The number of benzene rings is 1. The monoisotopic (exact) mass is 306 g/mol. The van der Waals surface area contributed by atoms with Crippen molar-refractivity contribution in [2.24, 2.45) is 0 Å². The molecule has 0 saturated carbocycles. The van der Waals surface area contributed by atoms with Crippen LogP contribution in [0.5, 0.6) is 0 Å². The molecule has 0 radical (unpaired) electrons. The average Bonchev–Trinajstić information content (AvgIpc) is 2.90. The molecule has 118 valence electrons. The maximum atomic E-state index is 11.8. The number of carbonyl (C=O) groups excluding carboxylic acids is 1. The Labute approximate surface area is 129 Å². The van der Waals surface area contributed by atoms with Gasteiger partial charge < -0.3 is 25.0 Å². The second-order valence-electron chi connectivity index (χ2n) is 5.25. The second kappa shape index (κ2) is 7.28. The minimum Gasteiger partial charge on any atom is -0.480 e. The van der Waals surface area contributed by atoms with Crippen LogP contribution in [-0.4, -0.2) is 52.7 Å². The van der Waals surface area contributed by atoms with Crippen LogP contribution in [0.25, 0.3) is 0 Å². The summed E-state index contributed by atoms with van der Waals surface area (Å²) in [4.78, 5) is 24.6. The molecule has 1 amide bonds. The molecule has 2 rings (SSSR count). The van der Waals surface area contributed by atoms with Crippen molar-refractivity contribution in [1.29, 1.82) is 0 Å². The van der Waals surface area contributed by atoms with Gasteiger partial charge in [-0.25, -0.2) is 4.79 Å². The van der Waals surface area contributed by atoms with Gasteiger partial charge in [-0.1, -0.05) is 30.3 Å². The quantitative estimate of drug-likeness (QED) is 0.687. The first-order chi connectivity index (χ1) is 10.5. The zero-order chi connectivity index (χ0) is 16.1. The van der Waals surface area contributed by atoms with Crippen LogP contribution < -0.4 is 5.32 Å². The normalized spacial score (nSPS) is 21.4. The third-order valence-corrected chi connectivity index (χ3v) is 3.69. The second-order valence-corrected chi connectivity index (χ2v) is 5.25. The van der Waals surface area contributed by atoms with Crippen molar-refractivity contribution >= 4 is 19.1 Å². The molecule has 1 saturated heterocycles. The van der Waals surface area contributed by atoms with Crippen LogP contribution in [-0.2, 0) is 16.1 Å². The molecule has 22 heavy (non-hydrogen) atoms. The highest BCUT2D eigenvalue weighted by Gasteiger charge is 2.43. The van der Waals surface area contributed by atoms with Crippen molar-refractivity contribution in [3.63, 3.8) is 0 Å². The zero-order valence-corrected chi connectivity index (χ0v) is 12.3. The summed E-state index contributed by atoms with van der Waals surface area (Å²) in [6.45, 7) is 2.03. The summed E-state index contributed by atoms with van der Waals surface area (Å²) in [5, 5.41) is 21.4. The van der Waals surface area contributed by atoms with Gasteiger partial charge in [0.1, 0.15) is 12.6 Å². The Balaban J connectivity index is 1.89. The summed E-state index contributed by atoms with van der Waals surface area (Å²) in [6.07, 6.45) is -0.213. The van der Waals surface area contributed by atoms with Gasteiger partial charge in [0, 0.05) is 0 Å². The highest BCUT2D eigenvalue weighted by molar-refractivity contribution is 6.45. The average molecular weight is 306 g/mol. The smallest absolute Gasteiger partial charge is 0.407 e. The van der Waals surface area contributed by atoms with Crippen LogP contribution in [0.3, 0.4) is 0 Å². The molecule has 0 aliphatic carbocycles. The molecule has 1 aliphatic rings. The standard InChI is InChI=1S/C14H19BN2O5/c1-15(21)17-8-7-11(12(17)13(18)19)16-14(20)22-9-10-5-3-2-4-6-10/h2-6,11-12,21H,7-9H2,1H3,(H,16,20)(H,18,19). The lowest BCUT2D eigenvalue weighted by Gasteiger charge is -2.25. The molecule has 1 aromatic rings. The van der Waals surface area contributed by atoms with Crippen LogP contribution in [0, 0.1) is 0 Å². The molecule has 1 aromatic carbocycles. The van der Waals surface area contributed by atoms with E-state index in [9.17, 15) is 19.7 Å². The molecule has 7 nitrogen and oxygen atoms in total. The molecule has 2 unspecified atom stereocenters. The number of ether oxygens (including phenoxy) is 1. The van der Waals surface area contributed by atoms with Crippen molar-refractivity contribution in [3.8, 4) is 0 Å². The van der Waals surface area contributed by atoms with Crippen molar-refractivity contribution in [2.45, 2.75) is 31.9 Å². The Morgan fingerprint density at radius 1 is 1.41 bits per heavy atom. The predicted molar refractivity (Wildman–Crippen MR) is 80.1 cm³/mol. The largest absolute Gasteiger partial charge is 0.480 e. The fourth-order valence-electron chi connectivity index (χ4n) is 2.62. The predicted octanol–water partition coefficient (Wildman–Crippen LogP) is 0.551. The van der Waals surface area contributed by atoms with E-state index in [-0.39, 0.29) is 6.61 Å². The number of rotatable bonds is 5. The lowest BCUT2D eigenvalue weighted by molar-refractivity contribution is -0.141. The third kappa shape index (κ3) is 3.99. The molecule has 0 aromatic heterocycles. The Morgan fingerprint density at radius 2 is 2.09 bits per heavy atom. The lowest BCUT2D eigenvalue weighted by Crippen LogP contribution is -2.53.